The molecule has 0 radical (unpaired) electrons. The SMILES string of the molecule is CCc1cccc2cc(CNC(C)(C)C)oc12. The van der Waals surface area contributed by atoms with Gasteiger partial charge in [-0.25, -0.2) is 0 Å². The van der Waals surface area contributed by atoms with E-state index in [1.165, 1.54) is 10.9 Å². The fraction of sp³-hybridized carbons (Fsp3) is 0.467. The largest absolute Gasteiger partial charge is 0.459 e. The van der Waals surface area contributed by atoms with E-state index in [1.54, 1.807) is 0 Å². The zero-order chi connectivity index (χ0) is 12.5. The fourth-order valence-electron chi connectivity index (χ4n) is 1.89. The van der Waals surface area contributed by atoms with Crippen LogP contribution in [0.2, 0.25) is 0 Å². The van der Waals surface area contributed by atoms with Crippen LogP contribution in [-0.2, 0) is 13.0 Å². The Morgan fingerprint density at radius 3 is 2.65 bits per heavy atom. The van der Waals surface area contributed by atoms with Crippen LogP contribution in [0.3, 0.4) is 0 Å². The first-order chi connectivity index (χ1) is 7.99. The van der Waals surface area contributed by atoms with Gasteiger partial charge in [-0.3, -0.25) is 0 Å². The molecule has 0 amide bonds. The second kappa shape index (κ2) is 4.53. The smallest absolute Gasteiger partial charge is 0.137 e. The van der Waals surface area contributed by atoms with Crippen LogP contribution in [0.5, 0.6) is 0 Å². The van der Waals surface area contributed by atoms with Gasteiger partial charge in [0.15, 0.2) is 0 Å². The third kappa shape index (κ3) is 2.89. The van der Waals surface area contributed by atoms with Crippen LogP contribution in [0, 0.1) is 0 Å². The average Bonchev–Trinajstić information content (AvgIpc) is 2.67. The van der Waals surface area contributed by atoms with E-state index in [2.05, 4.69) is 57.3 Å². The summed E-state index contributed by atoms with van der Waals surface area (Å²) in [6.45, 7) is 9.42. The number of fused-ring (bicyclic) bond motifs is 1. The van der Waals surface area contributed by atoms with Crippen LogP contribution in [0.4, 0.5) is 0 Å². The van der Waals surface area contributed by atoms with Crippen molar-refractivity contribution in [2.45, 2.75) is 46.2 Å². The monoisotopic (exact) mass is 231 g/mol. The van der Waals surface area contributed by atoms with E-state index >= 15 is 0 Å². The maximum Gasteiger partial charge on any atom is 0.137 e. The van der Waals surface area contributed by atoms with Crippen LogP contribution in [0.1, 0.15) is 39.0 Å². The first-order valence-electron chi connectivity index (χ1n) is 6.25. The van der Waals surface area contributed by atoms with E-state index in [-0.39, 0.29) is 5.54 Å². The zero-order valence-corrected chi connectivity index (χ0v) is 11.1. The van der Waals surface area contributed by atoms with E-state index in [0.717, 1.165) is 24.3 Å². The minimum Gasteiger partial charge on any atom is -0.459 e. The molecule has 0 aliphatic carbocycles. The summed E-state index contributed by atoms with van der Waals surface area (Å²) in [6.07, 6.45) is 1.01. The summed E-state index contributed by atoms with van der Waals surface area (Å²) < 4.78 is 5.92. The highest BCUT2D eigenvalue weighted by Gasteiger charge is 2.11. The van der Waals surface area contributed by atoms with Crippen molar-refractivity contribution < 1.29 is 4.42 Å². The Kier molecular flexibility index (Phi) is 3.25. The van der Waals surface area contributed by atoms with E-state index in [4.69, 9.17) is 4.42 Å². The molecule has 2 heteroatoms. The van der Waals surface area contributed by atoms with Gasteiger partial charge >= 0.3 is 0 Å². The summed E-state index contributed by atoms with van der Waals surface area (Å²) in [6, 6.07) is 8.47. The maximum absolute atomic E-state index is 5.92. The molecule has 2 nitrogen and oxygen atoms in total. The van der Waals surface area contributed by atoms with Crippen LogP contribution in [0.25, 0.3) is 11.0 Å². The normalized spacial score (nSPS) is 12.2. The molecule has 0 atom stereocenters. The fourth-order valence-corrected chi connectivity index (χ4v) is 1.89. The number of furan rings is 1. The molecule has 0 aliphatic rings. The third-order valence-electron chi connectivity index (χ3n) is 2.85. The first-order valence-corrected chi connectivity index (χ1v) is 6.25. The standard InChI is InChI=1S/C15H21NO/c1-5-11-7-6-8-12-9-13(17-14(11)12)10-16-15(2,3)4/h6-9,16H,5,10H2,1-4H3. The number of rotatable bonds is 3. The van der Waals surface area contributed by atoms with Crippen molar-refractivity contribution >= 4 is 11.0 Å². The van der Waals surface area contributed by atoms with Crippen LogP contribution in [0.15, 0.2) is 28.7 Å². The maximum atomic E-state index is 5.92. The average molecular weight is 231 g/mol. The molecule has 17 heavy (non-hydrogen) atoms. The van der Waals surface area contributed by atoms with Gasteiger partial charge in [0.1, 0.15) is 11.3 Å². The van der Waals surface area contributed by atoms with Crippen molar-refractivity contribution in [1.82, 2.24) is 5.32 Å². The van der Waals surface area contributed by atoms with Gasteiger partial charge in [-0.1, -0.05) is 25.1 Å². The van der Waals surface area contributed by atoms with Crippen molar-refractivity contribution in [2.75, 3.05) is 0 Å². The molecule has 0 saturated heterocycles. The topological polar surface area (TPSA) is 25.2 Å². The molecule has 0 aliphatic heterocycles. The summed E-state index contributed by atoms with van der Waals surface area (Å²) in [7, 11) is 0. The van der Waals surface area contributed by atoms with Crippen molar-refractivity contribution in [3.05, 3.63) is 35.6 Å². The number of benzene rings is 1. The molecular weight excluding hydrogens is 210 g/mol. The number of para-hydroxylation sites is 1. The molecule has 0 unspecified atom stereocenters. The van der Waals surface area contributed by atoms with Gasteiger partial charge in [0.25, 0.3) is 0 Å². The molecule has 1 N–H and O–H groups in total. The molecule has 1 aromatic heterocycles. The van der Waals surface area contributed by atoms with E-state index < -0.39 is 0 Å². The van der Waals surface area contributed by atoms with Gasteiger partial charge in [0.05, 0.1) is 6.54 Å². The van der Waals surface area contributed by atoms with Gasteiger partial charge in [0.2, 0.25) is 0 Å². The summed E-state index contributed by atoms with van der Waals surface area (Å²) in [4.78, 5) is 0. The second-order valence-electron chi connectivity index (χ2n) is 5.51. The molecule has 0 fully saturated rings. The second-order valence-corrected chi connectivity index (χ2v) is 5.51. The van der Waals surface area contributed by atoms with Gasteiger partial charge in [0, 0.05) is 10.9 Å². The number of hydrogen-bond donors (Lipinski definition) is 1. The number of nitrogens with one attached hydrogen (secondary N) is 1. The predicted octanol–water partition coefficient (Wildman–Crippen LogP) is 3.88. The van der Waals surface area contributed by atoms with Gasteiger partial charge in [-0.05, 0) is 38.8 Å². The molecule has 0 saturated carbocycles. The zero-order valence-electron chi connectivity index (χ0n) is 11.1. The Bertz CT molecular complexity index is 505. The minimum atomic E-state index is 0.118. The van der Waals surface area contributed by atoms with Crippen LogP contribution in [-0.4, -0.2) is 5.54 Å². The highest BCUT2D eigenvalue weighted by molar-refractivity contribution is 5.81. The summed E-state index contributed by atoms with van der Waals surface area (Å²) in [5.74, 6) is 1.01. The van der Waals surface area contributed by atoms with Gasteiger partial charge in [-0.2, -0.15) is 0 Å². The minimum absolute atomic E-state index is 0.118. The van der Waals surface area contributed by atoms with E-state index in [9.17, 15) is 0 Å². The Balaban J connectivity index is 2.26. The molecule has 0 spiro atoms. The summed E-state index contributed by atoms with van der Waals surface area (Å²) in [5, 5.41) is 4.65. The van der Waals surface area contributed by atoms with E-state index in [1.807, 2.05) is 0 Å². The quantitative estimate of drug-likeness (QED) is 0.867. The summed E-state index contributed by atoms with van der Waals surface area (Å²) in [5.41, 5.74) is 2.44. The highest BCUT2D eigenvalue weighted by atomic mass is 16.3. The molecule has 92 valence electrons. The Morgan fingerprint density at radius 2 is 2.00 bits per heavy atom. The number of hydrogen-bond acceptors (Lipinski definition) is 2. The molecular formula is C15H21NO. The molecule has 2 rings (SSSR count). The first kappa shape index (κ1) is 12.2. The van der Waals surface area contributed by atoms with E-state index in [0.29, 0.717) is 0 Å². The van der Waals surface area contributed by atoms with Gasteiger partial charge < -0.3 is 9.73 Å². The lowest BCUT2D eigenvalue weighted by Crippen LogP contribution is -2.34. The molecule has 1 heterocycles. The molecule has 0 bridgehead atoms. The lowest BCUT2D eigenvalue weighted by Gasteiger charge is -2.19. The van der Waals surface area contributed by atoms with Gasteiger partial charge in [-0.15, -0.1) is 0 Å². The Hall–Kier alpha value is -1.28. The molecule has 1 aromatic carbocycles. The van der Waals surface area contributed by atoms with Crippen molar-refractivity contribution in [3.8, 4) is 0 Å². The third-order valence-corrected chi connectivity index (χ3v) is 2.85. The van der Waals surface area contributed by atoms with Crippen molar-refractivity contribution in [3.63, 3.8) is 0 Å². The van der Waals surface area contributed by atoms with Crippen LogP contribution >= 0.6 is 0 Å². The highest BCUT2D eigenvalue weighted by Crippen LogP contribution is 2.23. The predicted molar refractivity (Wildman–Crippen MR) is 72.2 cm³/mol. The van der Waals surface area contributed by atoms with Crippen molar-refractivity contribution in [1.29, 1.82) is 0 Å². The Labute approximate surface area is 103 Å². The lowest BCUT2D eigenvalue weighted by molar-refractivity contribution is 0.395. The van der Waals surface area contributed by atoms with Crippen molar-refractivity contribution in [2.24, 2.45) is 0 Å². The number of aryl methyl sites for hydroxylation is 1. The van der Waals surface area contributed by atoms with Crippen LogP contribution < -0.4 is 5.32 Å². The molecule has 2 aromatic rings. The Morgan fingerprint density at radius 1 is 1.24 bits per heavy atom. The lowest BCUT2D eigenvalue weighted by atomic mass is 10.1. The summed E-state index contributed by atoms with van der Waals surface area (Å²) >= 11 is 0.